The lowest BCUT2D eigenvalue weighted by Gasteiger charge is -2.30. The number of hydrogen-bond donors (Lipinski definition) is 3. The molecule has 2 amide bonds. The van der Waals surface area contributed by atoms with Crippen molar-refractivity contribution in [1.82, 2.24) is 9.78 Å². The van der Waals surface area contributed by atoms with E-state index in [1.165, 1.54) is 16.9 Å². The van der Waals surface area contributed by atoms with Gasteiger partial charge < -0.3 is 16.0 Å². The maximum absolute atomic E-state index is 15.1. The van der Waals surface area contributed by atoms with Gasteiger partial charge in [0.1, 0.15) is 23.2 Å². The van der Waals surface area contributed by atoms with Crippen LogP contribution in [0.5, 0.6) is 0 Å². The summed E-state index contributed by atoms with van der Waals surface area (Å²) in [6, 6.07) is 19.4. The summed E-state index contributed by atoms with van der Waals surface area (Å²) in [7, 11) is 0. The summed E-state index contributed by atoms with van der Waals surface area (Å²) >= 11 is 5.96. The van der Waals surface area contributed by atoms with Gasteiger partial charge in [-0.05, 0) is 56.3 Å². The topological polar surface area (TPSA) is 88.0 Å². The third kappa shape index (κ3) is 4.83. The highest BCUT2D eigenvalue weighted by molar-refractivity contribution is 6.30. The van der Waals surface area contributed by atoms with Crippen molar-refractivity contribution in [2.45, 2.75) is 19.9 Å². The fourth-order valence-corrected chi connectivity index (χ4v) is 4.39. The maximum atomic E-state index is 15.1. The van der Waals surface area contributed by atoms with Crippen LogP contribution in [0.4, 0.5) is 21.6 Å². The van der Waals surface area contributed by atoms with Gasteiger partial charge in [0.2, 0.25) is 0 Å². The highest BCUT2D eigenvalue weighted by atomic mass is 35.5. The standard InChI is InChI=1S/C28H23ClFN5O2/c1-16-7-11-19(12-8-16)33-27(36)22-15-31-35-25(21-5-3-4-6-23(21)30)24(17(2)32-26(22)35)28(37)34-20-13-9-18(29)10-14-20/h3-15,25,32H,1-2H3,(H,33,36)(H,34,37). The fourth-order valence-electron chi connectivity index (χ4n) is 4.27. The molecule has 1 atom stereocenters. The number of nitrogens with one attached hydrogen (secondary N) is 3. The zero-order valence-corrected chi connectivity index (χ0v) is 20.8. The number of carbonyl (C=O) groups excluding carboxylic acids is 2. The van der Waals surface area contributed by atoms with E-state index in [2.05, 4.69) is 21.0 Å². The van der Waals surface area contributed by atoms with Crippen LogP contribution in [0.1, 0.15) is 34.5 Å². The number of aryl methyl sites for hydroxylation is 1. The molecule has 3 aromatic carbocycles. The van der Waals surface area contributed by atoms with Crippen LogP contribution in [0.3, 0.4) is 0 Å². The van der Waals surface area contributed by atoms with Crippen molar-refractivity contribution in [2.75, 3.05) is 16.0 Å². The minimum absolute atomic E-state index is 0.249. The third-order valence-corrected chi connectivity index (χ3v) is 6.38. The number of halogens is 2. The monoisotopic (exact) mass is 515 g/mol. The third-order valence-electron chi connectivity index (χ3n) is 6.12. The Morgan fingerprint density at radius 2 is 1.54 bits per heavy atom. The zero-order chi connectivity index (χ0) is 26.1. The summed E-state index contributed by atoms with van der Waals surface area (Å²) in [4.78, 5) is 26.6. The lowest BCUT2D eigenvalue weighted by molar-refractivity contribution is -0.113. The van der Waals surface area contributed by atoms with Gasteiger partial charge in [0, 0.05) is 27.7 Å². The maximum Gasteiger partial charge on any atom is 0.261 e. The first-order valence-electron chi connectivity index (χ1n) is 11.6. The fraction of sp³-hybridized carbons (Fsp3) is 0.107. The Morgan fingerprint density at radius 3 is 2.22 bits per heavy atom. The Kier molecular flexibility index (Phi) is 6.50. The van der Waals surface area contributed by atoms with Gasteiger partial charge in [0.25, 0.3) is 11.8 Å². The molecule has 0 bridgehead atoms. The zero-order valence-electron chi connectivity index (χ0n) is 20.0. The quantitative estimate of drug-likeness (QED) is 0.297. The molecule has 0 saturated carbocycles. The van der Waals surface area contributed by atoms with Gasteiger partial charge in [-0.2, -0.15) is 5.10 Å². The number of anilines is 3. The summed E-state index contributed by atoms with van der Waals surface area (Å²) < 4.78 is 16.5. The van der Waals surface area contributed by atoms with E-state index in [1.54, 1.807) is 49.4 Å². The van der Waals surface area contributed by atoms with E-state index in [9.17, 15) is 9.59 Å². The van der Waals surface area contributed by atoms with Crippen molar-refractivity contribution in [3.8, 4) is 0 Å². The number of carbonyl (C=O) groups is 2. The lowest BCUT2D eigenvalue weighted by atomic mass is 9.94. The minimum Gasteiger partial charge on any atom is -0.343 e. The van der Waals surface area contributed by atoms with Crippen LogP contribution < -0.4 is 16.0 Å². The first kappa shape index (κ1) is 24.3. The number of allylic oxidation sites excluding steroid dienone is 1. The lowest BCUT2D eigenvalue weighted by Crippen LogP contribution is -2.32. The molecular weight excluding hydrogens is 493 g/mol. The smallest absolute Gasteiger partial charge is 0.261 e. The molecule has 0 aliphatic carbocycles. The van der Waals surface area contributed by atoms with Gasteiger partial charge in [-0.15, -0.1) is 0 Å². The summed E-state index contributed by atoms with van der Waals surface area (Å²) in [5.41, 5.74) is 3.48. The molecule has 1 aromatic heterocycles. The molecule has 37 heavy (non-hydrogen) atoms. The number of fused-ring (bicyclic) bond motifs is 1. The summed E-state index contributed by atoms with van der Waals surface area (Å²) in [6.45, 7) is 3.67. The van der Waals surface area contributed by atoms with Gasteiger partial charge in [-0.25, -0.2) is 9.07 Å². The molecule has 1 aliphatic rings. The first-order chi connectivity index (χ1) is 17.8. The number of nitrogens with zero attached hydrogens (tertiary/aromatic N) is 2. The van der Waals surface area contributed by atoms with Crippen molar-refractivity contribution >= 4 is 40.6 Å². The van der Waals surface area contributed by atoms with Gasteiger partial charge >= 0.3 is 0 Å². The number of aromatic nitrogens is 2. The molecular formula is C28H23ClFN5O2. The van der Waals surface area contributed by atoms with Crippen LogP contribution in [-0.4, -0.2) is 21.6 Å². The second-order valence-corrected chi connectivity index (χ2v) is 9.16. The largest absolute Gasteiger partial charge is 0.343 e. The normalized spacial score (nSPS) is 14.5. The molecule has 0 saturated heterocycles. The SMILES string of the molecule is CC1=C(C(=O)Nc2ccc(Cl)cc2)C(c2ccccc2F)n2ncc(C(=O)Nc3ccc(C)cc3)c2N1. The van der Waals surface area contributed by atoms with E-state index in [4.69, 9.17) is 11.6 Å². The summed E-state index contributed by atoms with van der Waals surface area (Å²) in [5.74, 6) is -0.955. The number of benzene rings is 3. The Labute approximate surface area is 218 Å². The average Bonchev–Trinajstić information content (AvgIpc) is 3.30. The Balaban J connectivity index is 1.54. The van der Waals surface area contributed by atoms with Gasteiger partial charge in [0.15, 0.2) is 0 Å². The molecule has 1 unspecified atom stereocenters. The van der Waals surface area contributed by atoms with E-state index in [0.717, 1.165) is 5.56 Å². The predicted molar refractivity (Wildman–Crippen MR) is 142 cm³/mol. The average molecular weight is 516 g/mol. The second-order valence-electron chi connectivity index (χ2n) is 8.72. The van der Waals surface area contributed by atoms with Crippen molar-refractivity contribution in [3.05, 3.63) is 118 Å². The van der Waals surface area contributed by atoms with Gasteiger partial charge in [0.05, 0.1) is 11.8 Å². The predicted octanol–water partition coefficient (Wildman–Crippen LogP) is 6.16. The minimum atomic E-state index is -0.911. The number of hydrogen-bond acceptors (Lipinski definition) is 4. The van der Waals surface area contributed by atoms with Crippen LogP contribution >= 0.6 is 11.6 Å². The molecule has 3 N–H and O–H groups in total. The summed E-state index contributed by atoms with van der Waals surface area (Å²) in [5, 5.41) is 13.8. The van der Waals surface area contributed by atoms with E-state index in [0.29, 0.717) is 27.9 Å². The highest BCUT2D eigenvalue weighted by Gasteiger charge is 2.36. The van der Waals surface area contributed by atoms with E-state index < -0.39 is 17.8 Å². The van der Waals surface area contributed by atoms with Crippen LogP contribution in [0.25, 0.3) is 0 Å². The summed E-state index contributed by atoms with van der Waals surface area (Å²) in [6.07, 6.45) is 1.41. The van der Waals surface area contributed by atoms with Crippen molar-refractivity contribution in [1.29, 1.82) is 0 Å². The first-order valence-corrected chi connectivity index (χ1v) is 11.9. The van der Waals surface area contributed by atoms with Crippen molar-refractivity contribution in [2.24, 2.45) is 0 Å². The molecule has 7 nitrogen and oxygen atoms in total. The van der Waals surface area contributed by atoms with Crippen LogP contribution in [-0.2, 0) is 4.79 Å². The molecule has 0 radical (unpaired) electrons. The van der Waals surface area contributed by atoms with Crippen LogP contribution in [0, 0.1) is 12.7 Å². The van der Waals surface area contributed by atoms with Gasteiger partial charge in [-0.3, -0.25) is 9.59 Å². The molecule has 0 spiro atoms. The molecule has 5 rings (SSSR count). The second kappa shape index (κ2) is 9.91. The van der Waals surface area contributed by atoms with E-state index >= 15 is 4.39 Å². The van der Waals surface area contributed by atoms with Gasteiger partial charge in [-0.1, -0.05) is 47.5 Å². The molecule has 0 fully saturated rings. The Morgan fingerprint density at radius 1 is 0.919 bits per heavy atom. The molecule has 9 heteroatoms. The molecule has 2 heterocycles. The van der Waals surface area contributed by atoms with Crippen LogP contribution in [0.2, 0.25) is 5.02 Å². The van der Waals surface area contributed by atoms with Crippen LogP contribution in [0.15, 0.2) is 90.3 Å². The molecule has 4 aromatic rings. The molecule has 1 aliphatic heterocycles. The van der Waals surface area contributed by atoms with E-state index in [1.807, 2.05) is 31.2 Å². The highest BCUT2D eigenvalue weighted by Crippen LogP contribution is 2.38. The number of amides is 2. The van der Waals surface area contributed by atoms with E-state index in [-0.39, 0.29) is 22.6 Å². The van der Waals surface area contributed by atoms with Crippen molar-refractivity contribution in [3.63, 3.8) is 0 Å². The Bertz CT molecular complexity index is 1530. The van der Waals surface area contributed by atoms with Crippen molar-refractivity contribution < 1.29 is 14.0 Å². The molecule has 186 valence electrons. The number of rotatable bonds is 5. The Hall–Kier alpha value is -4.43.